The largest absolute Gasteiger partial charge is 0.398 e. The molecule has 0 aromatic carbocycles. The highest BCUT2D eigenvalue weighted by atomic mass is 16.5. The van der Waals surface area contributed by atoms with Crippen molar-refractivity contribution in [3.05, 3.63) is 0 Å². The molecule has 0 spiro atoms. The summed E-state index contributed by atoms with van der Waals surface area (Å²) >= 11 is 0. The van der Waals surface area contributed by atoms with Crippen molar-refractivity contribution in [3.63, 3.8) is 0 Å². The molecule has 0 aliphatic carbocycles. The van der Waals surface area contributed by atoms with Crippen LogP contribution in [0.4, 0.5) is 0 Å². The molecule has 2 unspecified atom stereocenters. The highest BCUT2D eigenvalue weighted by Gasteiger charge is 2.12. The molecule has 6 nitrogen and oxygen atoms in total. The Morgan fingerprint density at radius 2 is 1.09 bits per heavy atom. The van der Waals surface area contributed by atoms with Gasteiger partial charge in [0.25, 0.3) is 12.5 Å². The molecule has 0 aliphatic heterocycles. The van der Waals surface area contributed by atoms with Gasteiger partial charge in [0.1, 0.15) is 0 Å². The van der Waals surface area contributed by atoms with Crippen molar-refractivity contribution in [1.82, 2.24) is 0 Å². The van der Waals surface area contributed by atoms with Crippen molar-refractivity contribution in [2.45, 2.75) is 78.7 Å². The second-order valence-corrected chi connectivity index (χ2v) is 6.21. The molecule has 0 heterocycles. The Labute approximate surface area is 134 Å². The second kappa shape index (κ2) is 12.9. The molecule has 0 saturated heterocycles. The molecule has 0 aromatic rings. The maximum absolute atomic E-state index is 8.66. The first kappa shape index (κ1) is 20.2. The Bertz CT molecular complexity index is 347. The molecule has 0 amide bonds. The minimum atomic E-state index is -0.585. The maximum atomic E-state index is 8.66. The van der Waals surface area contributed by atoms with Crippen molar-refractivity contribution in [2.75, 3.05) is 0 Å². The monoisotopic (exact) mass is 308 g/mol. The topological polar surface area (TPSA) is 90.8 Å². The van der Waals surface area contributed by atoms with Crippen molar-refractivity contribution >= 4 is 0 Å². The summed E-state index contributed by atoms with van der Waals surface area (Å²) in [5.74, 6) is 1.20. The van der Waals surface area contributed by atoms with Crippen LogP contribution in [0.25, 0.3) is 0 Å². The summed E-state index contributed by atoms with van der Waals surface area (Å²) in [6.07, 6.45) is 7.36. The van der Waals surface area contributed by atoms with Gasteiger partial charge in [-0.1, -0.05) is 40.5 Å². The molecular formula is C16H28N4O2. The summed E-state index contributed by atoms with van der Waals surface area (Å²) in [5.41, 5.74) is 0. The van der Waals surface area contributed by atoms with Crippen molar-refractivity contribution in [1.29, 1.82) is 10.5 Å². The van der Waals surface area contributed by atoms with Gasteiger partial charge in [0.2, 0.25) is 12.5 Å². The summed E-state index contributed by atoms with van der Waals surface area (Å²) < 4.78 is 9.80. The lowest BCUT2D eigenvalue weighted by atomic mass is 10.1. The number of azo groups is 1. The van der Waals surface area contributed by atoms with Gasteiger partial charge in [-0.25, -0.2) is 0 Å². The smallest absolute Gasteiger partial charge is 0.288 e. The van der Waals surface area contributed by atoms with Crippen LogP contribution in [0.2, 0.25) is 0 Å². The van der Waals surface area contributed by atoms with Gasteiger partial charge < -0.3 is 9.47 Å². The fourth-order valence-electron chi connectivity index (χ4n) is 1.95. The minimum Gasteiger partial charge on any atom is -0.398 e. The molecule has 0 aromatic heterocycles. The second-order valence-electron chi connectivity index (χ2n) is 6.21. The number of nitrogens with zero attached hydrogens (tertiary/aromatic N) is 4. The van der Waals surface area contributed by atoms with E-state index in [9.17, 15) is 0 Å². The normalized spacial score (nSPS) is 13.8. The van der Waals surface area contributed by atoms with E-state index in [1.54, 1.807) is 12.5 Å². The summed E-state index contributed by atoms with van der Waals surface area (Å²) in [6.45, 7) is 8.58. The Balaban J connectivity index is 4.37. The molecule has 0 fully saturated rings. The highest BCUT2D eigenvalue weighted by Crippen LogP contribution is 2.15. The lowest BCUT2D eigenvalue weighted by Crippen LogP contribution is -2.11. The summed E-state index contributed by atoms with van der Waals surface area (Å²) in [6, 6.07) is 0. The SMILES string of the molecule is CC(C)CCCC(N=NC(CCCC(C)C)OC#N)OC#N. The summed E-state index contributed by atoms with van der Waals surface area (Å²) in [7, 11) is 0. The molecule has 0 N–H and O–H groups in total. The lowest BCUT2D eigenvalue weighted by Gasteiger charge is -2.12. The van der Waals surface area contributed by atoms with E-state index in [1.807, 2.05) is 0 Å². The zero-order chi connectivity index (χ0) is 16.8. The Hall–Kier alpha value is -1.82. The molecule has 0 rings (SSSR count). The van der Waals surface area contributed by atoms with Crippen LogP contribution < -0.4 is 0 Å². The highest BCUT2D eigenvalue weighted by molar-refractivity contribution is 4.64. The molecule has 6 heteroatoms. The van der Waals surface area contributed by atoms with Crippen LogP contribution in [0.3, 0.4) is 0 Å². The first-order chi connectivity index (χ1) is 10.5. The average Bonchev–Trinajstić information content (AvgIpc) is 2.43. The number of hydrogen-bond donors (Lipinski definition) is 0. The predicted octanol–water partition coefficient (Wildman–Crippen LogP) is 4.74. The Morgan fingerprint density at radius 1 is 0.727 bits per heavy atom. The van der Waals surface area contributed by atoms with Gasteiger partial charge >= 0.3 is 0 Å². The number of rotatable bonds is 12. The van der Waals surface area contributed by atoms with Gasteiger partial charge in [0.15, 0.2) is 0 Å². The van der Waals surface area contributed by atoms with E-state index in [2.05, 4.69) is 37.9 Å². The van der Waals surface area contributed by atoms with Gasteiger partial charge in [-0.2, -0.15) is 10.5 Å². The lowest BCUT2D eigenvalue weighted by molar-refractivity contribution is 0.115. The van der Waals surface area contributed by atoms with Crippen molar-refractivity contribution in [3.8, 4) is 12.5 Å². The minimum absolute atomic E-state index is 0.585. The van der Waals surface area contributed by atoms with E-state index in [0.717, 1.165) is 25.7 Å². The summed E-state index contributed by atoms with van der Waals surface area (Å²) in [4.78, 5) is 0. The van der Waals surface area contributed by atoms with Crippen LogP contribution in [0, 0.1) is 34.9 Å². The van der Waals surface area contributed by atoms with E-state index in [-0.39, 0.29) is 0 Å². The van der Waals surface area contributed by atoms with Gasteiger partial charge in [-0.3, -0.25) is 0 Å². The van der Waals surface area contributed by atoms with Crippen LogP contribution in [-0.2, 0) is 9.47 Å². The summed E-state index contributed by atoms with van der Waals surface area (Å²) in [5, 5.41) is 25.4. The fourth-order valence-corrected chi connectivity index (χ4v) is 1.95. The van der Waals surface area contributed by atoms with Gasteiger partial charge in [0.05, 0.1) is 0 Å². The molecule has 0 radical (unpaired) electrons. The standard InChI is InChI=1S/C16H28N4O2/c1-13(2)7-5-9-15(21-11-17)19-20-16(22-12-18)10-6-8-14(3)4/h13-16H,5-10H2,1-4H3. The van der Waals surface area contributed by atoms with Gasteiger partial charge in [-0.05, 0) is 24.7 Å². The first-order valence-electron chi connectivity index (χ1n) is 7.99. The Morgan fingerprint density at radius 3 is 1.36 bits per heavy atom. The quantitative estimate of drug-likeness (QED) is 0.384. The fraction of sp³-hybridized carbons (Fsp3) is 0.875. The molecule has 2 atom stereocenters. The molecular weight excluding hydrogens is 280 g/mol. The van der Waals surface area contributed by atoms with Crippen LogP contribution in [0.1, 0.15) is 66.2 Å². The molecule has 0 aliphatic rings. The number of hydrogen-bond acceptors (Lipinski definition) is 6. The molecule has 22 heavy (non-hydrogen) atoms. The average molecular weight is 308 g/mol. The first-order valence-corrected chi connectivity index (χ1v) is 7.99. The van der Waals surface area contributed by atoms with Gasteiger partial charge in [0, 0.05) is 12.8 Å². The van der Waals surface area contributed by atoms with E-state index < -0.39 is 12.5 Å². The van der Waals surface area contributed by atoms with Gasteiger partial charge in [-0.15, -0.1) is 10.2 Å². The van der Waals surface area contributed by atoms with E-state index in [0.29, 0.717) is 24.7 Å². The van der Waals surface area contributed by atoms with Crippen molar-refractivity contribution < 1.29 is 9.47 Å². The van der Waals surface area contributed by atoms with Crippen LogP contribution in [0.15, 0.2) is 10.2 Å². The zero-order valence-corrected chi connectivity index (χ0v) is 14.2. The van der Waals surface area contributed by atoms with Crippen LogP contribution >= 0.6 is 0 Å². The molecule has 0 saturated carbocycles. The number of ether oxygens (including phenoxy) is 2. The number of nitriles is 2. The van der Waals surface area contributed by atoms with E-state index in [1.165, 1.54) is 0 Å². The zero-order valence-electron chi connectivity index (χ0n) is 14.2. The third-order valence-electron chi connectivity index (χ3n) is 3.17. The van der Waals surface area contributed by atoms with E-state index in [4.69, 9.17) is 20.0 Å². The predicted molar refractivity (Wildman–Crippen MR) is 83.2 cm³/mol. The van der Waals surface area contributed by atoms with Crippen LogP contribution in [0.5, 0.6) is 0 Å². The Kier molecular flexibility index (Phi) is 11.8. The third-order valence-corrected chi connectivity index (χ3v) is 3.17. The molecule has 124 valence electrons. The van der Waals surface area contributed by atoms with E-state index >= 15 is 0 Å². The third kappa shape index (κ3) is 12.0. The van der Waals surface area contributed by atoms with Crippen LogP contribution in [-0.4, -0.2) is 12.5 Å². The maximum Gasteiger partial charge on any atom is 0.288 e. The van der Waals surface area contributed by atoms with Crippen molar-refractivity contribution in [2.24, 2.45) is 22.1 Å². The molecule has 0 bridgehead atoms.